The maximum Gasteiger partial charge on any atom is 0.410 e. The third-order valence-electron chi connectivity index (χ3n) is 4.34. The second kappa shape index (κ2) is 8.77. The molecular weight excluding hydrogens is 394 g/mol. The Morgan fingerprint density at radius 2 is 1.97 bits per heavy atom. The highest BCUT2D eigenvalue weighted by molar-refractivity contribution is 7.86. The second-order valence-corrected chi connectivity index (χ2v) is 8.08. The molecule has 0 aromatic heterocycles. The lowest BCUT2D eigenvalue weighted by Gasteiger charge is -2.30. The molecule has 0 saturated carbocycles. The molecule has 1 aliphatic rings. The van der Waals surface area contributed by atoms with Crippen LogP contribution in [0.4, 0.5) is 4.79 Å². The highest BCUT2D eigenvalue weighted by Crippen LogP contribution is 2.35. The summed E-state index contributed by atoms with van der Waals surface area (Å²) < 4.78 is 41.3. The summed E-state index contributed by atoms with van der Waals surface area (Å²) in [6.45, 7) is 3.68. The molecule has 0 saturated heterocycles. The molecule has 1 aliphatic heterocycles. The van der Waals surface area contributed by atoms with Gasteiger partial charge in [-0.25, -0.2) is 4.79 Å². The van der Waals surface area contributed by atoms with Gasteiger partial charge >= 0.3 is 6.09 Å². The highest BCUT2D eigenvalue weighted by Gasteiger charge is 2.40. The van der Waals surface area contributed by atoms with Crippen LogP contribution >= 0.6 is 0 Å². The van der Waals surface area contributed by atoms with Gasteiger partial charge in [0.05, 0.1) is 13.2 Å². The van der Waals surface area contributed by atoms with Gasteiger partial charge in [0.1, 0.15) is 11.5 Å². The molecular formula is C21H23NO6S. The number of ether oxygens (including phenoxy) is 2. The first-order valence-electron chi connectivity index (χ1n) is 9.17. The molecule has 1 heterocycles. The van der Waals surface area contributed by atoms with Crippen LogP contribution in [0.2, 0.25) is 0 Å². The number of rotatable bonds is 7. The SMILES string of the molecule is CCOS(=O)(=O)c1ccc(C)cc1[C@]1(NC(=O)OCc2ccccc2)C=CCO1. The van der Waals surface area contributed by atoms with Crippen LogP contribution in [0, 0.1) is 6.92 Å². The fourth-order valence-electron chi connectivity index (χ4n) is 3.04. The summed E-state index contributed by atoms with van der Waals surface area (Å²) >= 11 is 0. The van der Waals surface area contributed by atoms with Gasteiger partial charge in [-0.05, 0) is 37.6 Å². The Balaban J connectivity index is 1.90. The Labute approximate surface area is 170 Å². The van der Waals surface area contributed by atoms with Crippen molar-refractivity contribution in [3.8, 4) is 0 Å². The third-order valence-corrected chi connectivity index (χ3v) is 5.78. The van der Waals surface area contributed by atoms with Crippen LogP contribution in [-0.4, -0.2) is 27.7 Å². The molecule has 1 N–H and O–H groups in total. The fourth-order valence-corrected chi connectivity index (χ4v) is 4.19. The van der Waals surface area contributed by atoms with E-state index in [1.54, 1.807) is 31.2 Å². The molecule has 0 spiro atoms. The lowest BCUT2D eigenvalue weighted by atomic mass is 10.0. The molecule has 1 amide bonds. The fraction of sp³-hybridized carbons (Fsp3) is 0.286. The topological polar surface area (TPSA) is 90.9 Å². The van der Waals surface area contributed by atoms with E-state index >= 15 is 0 Å². The number of carbonyl (C=O) groups is 1. The van der Waals surface area contributed by atoms with Gasteiger partial charge < -0.3 is 9.47 Å². The standard InChI is InChI=1S/C21H23NO6S/c1-3-28-29(24,25)19-11-10-16(2)14-18(19)21(12-7-13-27-21)22-20(23)26-15-17-8-5-4-6-9-17/h4-12,14H,3,13,15H2,1-2H3,(H,22,23)/t21-/m0/s1. The largest absolute Gasteiger partial charge is 0.445 e. The predicted octanol–water partition coefficient (Wildman–Crippen LogP) is 3.39. The minimum Gasteiger partial charge on any atom is -0.445 e. The van der Waals surface area contributed by atoms with Crippen molar-refractivity contribution in [3.63, 3.8) is 0 Å². The molecule has 0 aliphatic carbocycles. The van der Waals surface area contributed by atoms with Crippen molar-refractivity contribution in [2.75, 3.05) is 13.2 Å². The molecule has 29 heavy (non-hydrogen) atoms. The zero-order valence-corrected chi connectivity index (χ0v) is 17.1. The number of benzene rings is 2. The molecule has 8 heteroatoms. The molecule has 1 atom stereocenters. The van der Waals surface area contributed by atoms with E-state index in [0.717, 1.165) is 11.1 Å². The minimum atomic E-state index is -4.03. The van der Waals surface area contributed by atoms with Crippen LogP contribution in [0.1, 0.15) is 23.6 Å². The van der Waals surface area contributed by atoms with Crippen molar-refractivity contribution < 1.29 is 26.9 Å². The molecule has 154 valence electrons. The summed E-state index contributed by atoms with van der Waals surface area (Å²) in [5.41, 5.74) is 0.420. The maximum atomic E-state index is 12.6. The number of amides is 1. The molecule has 0 bridgehead atoms. The molecule has 0 radical (unpaired) electrons. The summed E-state index contributed by atoms with van der Waals surface area (Å²) in [4.78, 5) is 12.4. The lowest BCUT2D eigenvalue weighted by Crippen LogP contribution is -2.46. The number of nitrogens with one attached hydrogen (secondary N) is 1. The zero-order valence-electron chi connectivity index (χ0n) is 16.3. The Kier molecular flexibility index (Phi) is 6.36. The van der Waals surface area contributed by atoms with E-state index in [0.29, 0.717) is 0 Å². The highest BCUT2D eigenvalue weighted by atomic mass is 32.2. The first kappa shape index (κ1) is 21.0. The summed E-state index contributed by atoms with van der Waals surface area (Å²) in [5, 5.41) is 2.67. The van der Waals surface area contributed by atoms with Gasteiger partial charge in [0.25, 0.3) is 10.1 Å². The predicted molar refractivity (Wildman–Crippen MR) is 107 cm³/mol. The van der Waals surface area contributed by atoms with Gasteiger partial charge in [0, 0.05) is 5.56 Å². The smallest absolute Gasteiger partial charge is 0.410 e. The quantitative estimate of drug-likeness (QED) is 0.549. The van der Waals surface area contributed by atoms with Crippen LogP contribution in [0.3, 0.4) is 0 Å². The Hall–Kier alpha value is -2.68. The monoisotopic (exact) mass is 417 g/mol. The maximum absolute atomic E-state index is 12.6. The minimum absolute atomic E-state index is 0.00804. The Morgan fingerprint density at radius 1 is 1.21 bits per heavy atom. The normalized spacial score (nSPS) is 18.6. The third kappa shape index (κ3) is 4.84. The van der Waals surface area contributed by atoms with E-state index in [2.05, 4.69) is 5.32 Å². The van der Waals surface area contributed by atoms with Crippen molar-refractivity contribution in [3.05, 3.63) is 77.4 Å². The van der Waals surface area contributed by atoms with Gasteiger partial charge in [-0.15, -0.1) is 0 Å². The Morgan fingerprint density at radius 3 is 2.62 bits per heavy atom. The number of alkyl carbamates (subject to hydrolysis) is 1. The zero-order chi connectivity index (χ0) is 20.9. The van der Waals surface area contributed by atoms with Gasteiger partial charge in [-0.3, -0.25) is 9.50 Å². The molecule has 3 rings (SSSR count). The van der Waals surface area contributed by atoms with E-state index in [-0.39, 0.29) is 30.3 Å². The van der Waals surface area contributed by atoms with Crippen LogP contribution < -0.4 is 5.32 Å². The summed E-state index contributed by atoms with van der Waals surface area (Å²) in [6, 6.07) is 14.0. The molecule has 7 nitrogen and oxygen atoms in total. The van der Waals surface area contributed by atoms with Crippen LogP contribution in [0.25, 0.3) is 0 Å². The van der Waals surface area contributed by atoms with Crippen LogP contribution in [-0.2, 0) is 36.1 Å². The first-order chi connectivity index (χ1) is 13.9. The second-order valence-electron chi connectivity index (χ2n) is 6.50. The number of carbonyl (C=O) groups excluding carboxylic acids is 1. The summed E-state index contributed by atoms with van der Waals surface area (Å²) in [5.74, 6) is 0. The van der Waals surface area contributed by atoms with E-state index in [4.69, 9.17) is 13.7 Å². The Bertz CT molecular complexity index is 1000. The van der Waals surface area contributed by atoms with Gasteiger partial charge in [0.15, 0.2) is 5.72 Å². The van der Waals surface area contributed by atoms with Crippen LogP contribution in [0.15, 0.2) is 65.6 Å². The number of aryl methyl sites for hydroxylation is 1. The number of hydrogen-bond donors (Lipinski definition) is 1. The lowest BCUT2D eigenvalue weighted by molar-refractivity contribution is -0.00966. The summed E-state index contributed by atoms with van der Waals surface area (Å²) in [6.07, 6.45) is 2.58. The van der Waals surface area contributed by atoms with Crippen LogP contribution in [0.5, 0.6) is 0 Å². The molecule has 0 unspecified atom stereocenters. The van der Waals surface area contributed by atoms with E-state index < -0.39 is 21.9 Å². The van der Waals surface area contributed by atoms with Crippen molar-refractivity contribution in [1.82, 2.24) is 5.32 Å². The van der Waals surface area contributed by atoms with E-state index in [1.807, 2.05) is 37.3 Å². The van der Waals surface area contributed by atoms with Gasteiger partial charge in [0.2, 0.25) is 0 Å². The first-order valence-corrected chi connectivity index (χ1v) is 10.6. The van der Waals surface area contributed by atoms with Gasteiger partial charge in [-0.1, -0.05) is 48.0 Å². The van der Waals surface area contributed by atoms with Crippen molar-refractivity contribution in [2.45, 2.75) is 31.1 Å². The average Bonchev–Trinajstić information content (AvgIpc) is 3.16. The van der Waals surface area contributed by atoms with E-state index in [9.17, 15) is 13.2 Å². The number of hydrogen-bond acceptors (Lipinski definition) is 6. The molecule has 2 aromatic carbocycles. The molecule has 0 fully saturated rings. The van der Waals surface area contributed by atoms with Crippen molar-refractivity contribution >= 4 is 16.2 Å². The molecule has 2 aromatic rings. The summed E-state index contributed by atoms with van der Waals surface area (Å²) in [7, 11) is -4.03. The van der Waals surface area contributed by atoms with Gasteiger partial charge in [-0.2, -0.15) is 8.42 Å². The van der Waals surface area contributed by atoms with Crippen molar-refractivity contribution in [1.29, 1.82) is 0 Å². The average molecular weight is 417 g/mol. The van der Waals surface area contributed by atoms with E-state index in [1.165, 1.54) is 6.07 Å². The van der Waals surface area contributed by atoms with Crippen molar-refractivity contribution in [2.24, 2.45) is 0 Å².